The van der Waals surface area contributed by atoms with Crippen molar-refractivity contribution in [1.29, 1.82) is 0 Å². The van der Waals surface area contributed by atoms with Crippen molar-refractivity contribution in [3.05, 3.63) is 53.9 Å². The van der Waals surface area contributed by atoms with Crippen LogP contribution in [0.5, 0.6) is 5.75 Å². The first kappa shape index (κ1) is 16.6. The number of carbonyl (C=O) groups is 1. The molecular weight excluding hydrogens is 326 g/mol. The van der Waals surface area contributed by atoms with Gasteiger partial charge in [-0.2, -0.15) is 0 Å². The number of hydrogen-bond donors (Lipinski definition) is 0. The van der Waals surface area contributed by atoms with Gasteiger partial charge in [0.1, 0.15) is 23.7 Å². The fourth-order valence-corrected chi connectivity index (χ4v) is 3.44. The molecule has 0 atom stereocenters. The lowest BCUT2D eigenvalue weighted by Gasteiger charge is -2.27. The first-order valence-corrected chi connectivity index (χ1v) is 9.07. The molecule has 1 saturated heterocycles. The van der Waals surface area contributed by atoms with E-state index in [0.29, 0.717) is 13.0 Å². The molecule has 0 radical (unpaired) electrons. The van der Waals surface area contributed by atoms with Crippen molar-refractivity contribution in [2.75, 3.05) is 11.4 Å². The van der Waals surface area contributed by atoms with Gasteiger partial charge in [0.15, 0.2) is 0 Å². The number of benzene rings is 2. The number of ether oxygens (including phenoxy) is 1. The normalized spacial score (nSPS) is 14.8. The fourth-order valence-electron chi connectivity index (χ4n) is 3.44. The molecule has 0 aliphatic carbocycles. The summed E-state index contributed by atoms with van der Waals surface area (Å²) in [6, 6.07) is 14.1. The molecule has 1 aromatic heterocycles. The molecule has 0 bridgehead atoms. The monoisotopic (exact) mass is 349 g/mol. The van der Waals surface area contributed by atoms with E-state index in [1.807, 2.05) is 65.9 Å². The maximum Gasteiger partial charge on any atom is 0.226 e. The molecule has 134 valence electrons. The standard InChI is InChI=1S/C21H23N3O2/c1-15-22-21-18(23(15)2)12-17(24-11-7-6-10-20(24)25)13-19(21)26-14-16-8-4-3-5-9-16/h3-5,8-9,12-13H,6-7,10-11,14H2,1-2H3. The quantitative estimate of drug-likeness (QED) is 0.716. The van der Waals surface area contributed by atoms with E-state index in [4.69, 9.17) is 4.74 Å². The van der Waals surface area contributed by atoms with E-state index in [1.54, 1.807) is 0 Å². The van der Waals surface area contributed by atoms with Crippen LogP contribution in [-0.4, -0.2) is 22.0 Å². The van der Waals surface area contributed by atoms with Gasteiger partial charge in [0.05, 0.1) is 5.52 Å². The molecule has 1 aliphatic rings. The number of aromatic nitrogens is 2. The lowest BCUT2D eigenvalue weighted by atomic mass is 10.1. The van der Waals surface area contributed by atoms with E-state index in [9.17, 15) is 4.79 Å². The van der Waals surface area contributed by atoms with E-state index in [1.165, 1.54) is 0 Å². The van der Waals surface area contributed by atoms with Crippen LogP contribution in [-0.2, 0) is 18.4 Å². The fraction of sp³-hybridized carbons (Fsp3) is 0.333. The summed E-state index contributed by atoms with van der Waals surface area (Å²) in [4.78, 5) is 18.9. The zero-order valence-electron chi connectivity index (χ0n) is 15.2. The smallest absolute Gasteiger partial charge is 0.226 e. The van der Waals surface area contributed by atoms with Gasteiger partial charge in [-0.1, -0.05) is 30.3 Å². The molecule has 26 heavy (non-hydrogen) atoms. The van der Waals surface area contributed by atoms with Crippen molar-refractivity contribution in [2.45, 2.75) is 32.8 Å². The van der Waals surface area contributed by atoms with Gasteiger partial charge in [-0.15, -0.1) is 0 Å². The third-order valence-electron chi connectivity index (χ3n) is 5.03. The molecular formula is C21H23N3O2. The van der Waals surface area contributed by atoms with Crippen LogP contribution in [0, 0.1) is 6.92 Å². The van der Waals surface area contributed by atoms with Gasteiger partial charge in [-0.3, -0.25) is 4.79 Å². The Hall–Kier alpha value is -2.82. The molecule has 0 unspecified atom stereocenters. The molecule has 4 rings (SSSR count). The summed E-state index contributed by atoms with van der Waals surface area (Å²) in [7, 11) is 1.99. The average Bonchev–Trinajstić information content (AvgIpc) is 2.95. The molecule has 2 heterocycles. The highest BCUT2D eigenvalue weighted by molar-refractivity contribution is 5.97. The van der Waals surface area contributed by atoms with Crippen molar-refractivity contribution >= 4 is 22.6 Å². The van der Waals surface area contributed by atoms with Gasteiger partial charge in [0.2, 0.25) is 5.91 Å². The molecule has 0 saturated carbocycles. The number of imidazole rings is 1. The van der Waals surface area contributed by atoms with Crippen LogP contribution in [0.25, 0.3) is 11.0 Å². The van der Waals surface area contributed by atoms with E-state index < -0.39 is 0 Å². The Balaban J connectivity index is 1.74. The largest absolute Gasteiger partial charge is 0.486 e. The first-order valence-electron chi connectivity index (χ1n) is 9.07. The van der Waals surface area contributed by atoms with Gasteiger partial charge in [0, 0.05) is 31.8 Å². The van der Waals surface area contributed by atoms with E-state index in [2.05, 4.69) is 4.98 Å². The first-order chi connectivity index (χ1) is 12.6. The summed E-state index contributed by atoms with van der Waals surface area (Å²) in [5.74, 6) is 1.83. The zero-order valence-corrected chi connectivity index (χ0v) is 15.2. The highest BCUT2D eigenvalue weighted by Crippen LogP contribution is 2.33. The van der Waals surface area contributed by atoms with Gasteiger partial charge >= 0.3 is 0 Å². The van der Waals surface area contributed by atoms with Gasteiger partial charge in [-0.05, 0) is 31.4 Å². The molecule has 1 aliphatic heterocycles. The van der Waals surface area contributed by atoms with Crippen molar-refractivity contribution < 1.29 is 9.53 Å². The number of piperidine rings is 1. The van der Waals surface area contributed by atoms with Gasteiger partial charge in [-0.25, -0.2) is 4.98 Å². The predicted molar refractivity (Wildman–Crippen MR) is 102 cm³/mol. The van der Waals surface area contributed by atoms with Crippen molar-refractivity contribution in [1.82, 2.24) is 9.55 Å². The second kappa shape index (κ2) is 6.83. The Labute approximate surface area is 153 Å². The second-order valence-corrected chi connectivity index (χ2v) is 6.81. The third-order valence-corrected chi connectivity index (χ3v) is 5.03. The van der Waals surface area contributed by atoms with Crippen LogP contribution in [0.4, 0.5) is 5.69 Å². The van der Waals surface area contributed by atoms with Crippen LogP contribution >= 0.6 is 0 Å². The lowest BCUT2D eigenvalue weighted by molar-refractivity contribution is -0.119. The molecule has 2 aromatic carbocycles. The molecule has 1 amide bonds. The molecule has 0 N–H and O–H groups in total. The van der Waals surface area contributed by atoms with Crippen LogP contribution in [0.3, 0.4) is 0 Å². The number of rotatable bonds is 4. The number of aryl methyl sites for hydroxylation is 2. The summed E-state index contributed by atoms with van der Waals surface area (Å²) >= 11 is 0. The lowest BCUT2D eigenvalue weighted by Crippen LogP contribution is -2.35. The summed E-state index contributed by atoms with van der Waals surface area (Å²) < 4.78 is 8.17. The molecule has 3 aromatic rings. The Kier molecular flexibility index (Phi) is 4.37. The summed E-state index contributed by atoms with van der Waals surface area (Å²) in [6.45, 7) is 3.22. The Morgan fingerprint density at radius 3 is 2.73 bits per heavy atom. The number of hydrogen-bond acceptors (Lipinski definition) is 3. The molecule has 5 nitrogen and oxygen atoms in total. The van der Waals surface area contributed by atoms with Gasteiger partial charge < -0.3 is 14.2 Å². The minimum absolute atomic E-state index is 0.184. The van der Waals surface area contributed by atoms with E-state index in [-0.39, 0.29) is 5.91 Å². The van der Waals surface area contributed by atoms with Crippen molar-refractivity contribution in [3.63, 3.8) is 0 Å². The van der Waals surface area contributed by atoms with Crippen LogP contribution in [0.1, 0.15) is 30.7 Å². The van der Waals surface area contributed by atoms with Gasteiger partial charge in [0.25, 0.3) is 0 Å². The summed E-state index contributed by atoms with van der Waals surface area (Å²) in [6.07, 6.45) is 2.62. The minimum Gasteiger partial charge on any atom is -0.486 e. The van der Waals surface area contributed by atoms with Crippen molar-refractivity contribution in [3.8, 4) is 5.75 Å². The van der Waals surface area contributed by atoms with E-state index in [0.717, 1.165) is 53.2 Å². The minimum atomic E-state index is 0.184. The maximum absolute atomic E-state index is 12.4. The summed E-state index contributed by atoms with van der Waals surface area (Å²) in [5.41, 5.74) is 3.83. The molecule has 1 fully saturated rings. The average molecular weight is 349 g/mol. The SMILES string of the molecule is Cc1nc2c(OCc3ccccc3)cc(N3CCCCC3=O)cc2n1C. The van der Waals surface area contributed by atoms with Crippen LogP contribution in [0.15, 0.2) is 42.5 Å². The van der Waals surface area contributed by atoms with Crippen molar-refractivity contribution in [2.24, 2.45) is 7.05 Å². The number of anilines is 1. The van der Waals surface area contributed by atoms with Crippen LogP contribution in [0.2, 0.25) is 0 Å². The molecule has 5 heteroatoms. The topological polar surface area (TPSA) is 47.4 Å². The predicted octanol–water partition coefficient (Wildman–Crippen LogP) is 3.98. The highest BCUT2D eigenvalue weighted by Gasteiger charge is 2.22. The summed E-state index contributed by atoms with van der Waals surface area (Å²) in [5, 5.41) is 0. The zero-order chi connectivity index (χ0) is 18.1. The number of carbonyl (C=O) groups excluding carboxylic acids is 1. The Morgan fingerprint density at radius 2 is 1.96 bits per heavy atom. The Bertz CT molecular complexity index is 947. The number of amides is 1. The third kappa shape index (κ3) is 3.05. The Morgan fingerprint density at radius 1 is 1.15 bits per heavy atom. The van der Waals surface area contributed by atoms with Crippen LogP contribution < -0.4 is 9.64 Å². The number of fused-ring (bicyclic) bond motifs is 1. The second-order valence-electron chi connectivity index (χ2n) is 6.81. The molecule has 0 spiro atoms. The number of nitrogens with zero attached hydrogens (tertiary/aromatic N) is 3. The van der Waals surface area contributed by atoms with E-state index >= 15 is 0 Å². The highest BCUT2D eigenvalue weighted by atomic mass is 16.5. The maximum atomic E-state index is 12.4.